The largest absolute Gasteiger partial charge is 0.392 e. The maximum atomic E-state index is 8.52. The van der Waals surface area contributed by atoms with Gasteiger partial charge in [0.25, 0.3) is 0 Å². The molecule has 1 N–H and O–H groups in total. The third-order valence-electron chi connectivity index (χ3n) is 0.464. The Morgan fingerprint density at radius 1 is 1.86 bits per heavy atom. The zero-order valence-electron chi connectivity index (χ0n) is 4.11. The zero-order chi connectivity index (χ0) is 5.70. The molecule has 0 amide bonds. The number of hydrogen-bond acceptors (Lipinski definition) is 1. The van der Waals surface area contributed by atoms with Crippen molar-refractivity contribution in [2.45, 2.75) is 19.4 Å². The van der Waals surface area contributed by atoms with E-state index >= 15 is 0 Å². The van der Waals surface area contributed by atoms with Gasteiger partial charge in [0.05, 0.1) is 6.10 Å². The summed E-state index contributed by atoms with van der Waals surface area (Å²) < 4.78 is 0. The maximum absolute atomic E-state index is 8.52. The van der Waals surface area contributed by atoms with Gasteiger partial charge in [-0.1, -0.05) is 5.92 Å². The fraction of sp³-hybridized carbons (Fsp3) is 0.600. The highest BCUT2D eigenvalue weighted by molar-refractivity contribution is 6.30. The molecule has 0 saturated carbocycles. The van der Waals surface area contributed by atoms with E-state index in [1.165, 1.54) is 0 Å². The van der Waals surface area contributed by atoms with E-state index in [1.54, 1.807) is 6.92 Å². The Balaban J connectivity index is 3.08. The number of halogens is 1. The van der Waals surface area contributed by atoms with Gasteiger partial charge in [-0.25, -0.2) is 0 Å². The van der Waals surface area contributed by atoms with Crippen LogP contribution < -0.4 is 0 Å². The smallest absolute Gasteiger partial charge is 0.0621 e. The van der Waals surface area contributed by atoms with Gasteiger partial charge in [-0.05, 0) is 18.5 Å². The van der Waals surface area contributed by atoms with Gasteiger partial charge in [0.1, 0.15) is 0 Å². The highest BCUT2D eigenvalue weighted by Gasteiger charge is 1.86. The second kappa shape index (κ2) is 3.98. The molecular formula is C5H7ClO. The first-order valence-corrected chi connectivity index (χ1v) is 2.41. The average molecular weight is 119 g/mol. The Morgan fingerprint density at radius 2 is 2.43 bits per heavy atom. The lowest BCUT2D eigenvalue weighted by Gasteiger charge is -1.90. The molecule has 0 saturated heterocycles. The van der Waals surface area contributed by atoms with Crippen LogP contribution in [0.5, 0.6) is 0 Å². The number of rotatable bonds is 1. The van der Waals surface area contributed by atoms with Gasteiger partial charge in [0.15, 0.2) is 0 Å². The number of aliphatic hydroxyl groups excluding tert-OH is 1. The molecule has 0 fully saturated rings. The summed E-state index contributed by atoms with van der Waals surface area (Å²) in [6.45, 7) is 1.67. The summed E-state index contributed by atoms with van der Waals surface area (Å²) in [6.07, 6.45) is 0.106. The van der Waals surface area contributed by atoms with Crippen LogP contribution in [0.2, 0.25) is 0 Å². The van der Waals surface area contributed by atoms with E-state index in [1.807, 2.05) is 0 Å². The van der Waals surface area contributed by atoms with Crippen LogP contribution in [0.1, 0.15) is 13.3 Å². The molecule has 0 aromatic rings. The maximum Gasteiger partial charge on any atom is 0.0621 e. The van der Waals surface area contributed by atoms with Crippen LogP contribution in [0.15, 0.2) is 0 Å². The molecule has 0 rings (SSSR count). The van der Waals surface area contributed by atoms with Crippen LogP contribution in [0.3, 0.4) is 0 Å². The third kappa shape index (κ3) is 5.81. The van der Waals surface area contributed by atoms with Gasteiger partial charge in [0, 0.05) is 11.8 Å². The zero-order valence-corrected chi connectivity index (χ0v) is 4.87. The first-order chi connectivity index (χ1) is 3.27. The van der Waals surface area contributed by atoms with Gasteiger partial charge >= 0.3 is 0 Å². The van der Waals surface area contributed by atoms with Crippen molar-refractivity contribution in [1.29, 1.82) is 0 Å². The van der Waals surface area contributed by atoms with E-state index in [0.717, 1.165) is 0 Å². The quantitative estimate of drug-likeness (QED) is 0.509. The van der Waals surface area contributed by atoms with Gasteiger partial charge < -0.3 is 5.11 Å². The molecule has 1 atom stereocenters. The van der Waals surface area contributed by atoms with Crippen LogP contribution >= 0.6 is 11.6 Å². The van der Waals surface area contributed by atoms with Crippen molar-refractivity contribution in [3.05, 3.63) is 0 Å². The van der Waals surface area contributed by atoms with Crippen LogP contribution in [-0.4, -0.2) is 11.2 Å². The Morgan fingerprint density at radius 3 is 2.57 bits per heavy atom. The van der Waals surface area contributed by atoms with Crippen LogP contribution in [0.25, 0.3) is 0 Å². The molecule has 0 aliphatic carbocycles. The highest BCUT2D eigenvalue weighted by atomic mass is 35.5. The molecule has 1 nitrogen and oxygen atoms in total. The molecule has 7 heavy (non-hydrogen) atoms. The van der Waals surface area contributed by atoms with Crippen molar-refractivity contribution in [2.75, 3.05) is 0 Å². The SMILES string of the molecule is CC(O)CC#CCl. The van der Waals surface area contributed by atoms with Crippen LogP contribution in [0, 0.1) is 11.3 Å². The summed E-state index contributed by atoms with van der Waals surface area (Å²) in [5.41, 5.74) is 0. The minimum atomic E-state index is -0.355. The molecule has 0 bridgehead atoms. The molecule has 0 spiro atoms. The minimum Gasteiger partial charge on any atom is -0.392 e. The number of hydrogen-bond donors (Lipinski definition) is 1. The van der Waals surface area contributed by atoms with Crippen molar-refractivity contribution < 1.29 is 5.11 Å². The Hall–Kier alpha value is -0.190. The second-order valence-corrected chi connectivity index (χ2v) is 1.51. The van der Waals surface area contributed by atoms with Gasteiger partial charge in [-0.15, -0.1) is 0 Å². The second-order valence-electron chi connectivity index (χ2n) is 1.32. The van der Waals surface area contributed by atoms with E-state index in [0.29, 0.717) is 6.42 Å². The molecule has 2 heteroatoms. The summed E-state index contributed by atoms with van der Waals surface area (Å²) in [4.78, 5) is 0. The highest BCUT2D eigenvalue weighted by Crippen LogP contribution is 1.84. The van der Waals surface area contributed by atoms with Gasteiger partial charge in [-0.2, -0.15) is 0 Å². The predicted octanol–water partition coefficient (Wildman–Crippen LogP) is 0.957. The summed E-state index contributed by atoms with van der Waals surface area (Å²) in [6, 6.07) is 0. The molecule has 0 aromatic heterocycles. The molecular weight excluding hydrogens is 112 g/mol. The van der Waals surface area contributed by atoms with Crippen LogP contribution in [0.4, 0.5) is 0 Å². The first kappa shape index (κ1) is 6.81. The Kier molecular flexibility index (Phi) is 3.87. The van der Waals surface area contributed by atoms with E-state index in [9.17, 15) is 0 Å². The summed E-state index contributed by atoms with van der Waals surface area (Å²) >= 11 is 4.97. The average Bonchev–Trinajstić information content (AvgIpc) is 1.61. The molecule has 0 radical (unpaired) electrons. The summed E-state index contributed by atoms with van der Waals surface area (Å²) in [5.74, 6) is 2.51. The summed E-state index contributed by atoms with van der Waals surface area (Å²) in [5, 5.41) is 10.7. The van der Waals surface area contributed by atoms with E-state index < -0.39 is 0 Å². The molecule has 0 heterocycles. The van der Waals surface area contributed by atoms with E-state index in [2.05, 4.69) is 11.3 Å². The van der Waals surface area contributed by atoms with Crippen molar-refractivity contribution in [1.82, 2.24) is 0 Å². The third-order valence-corrected chi connectivity index (χ3v) is 0.598. The lowest BCUT2D eigenvalue weighted by molar-refractivity contribution is 0.201. The number of aliphatic hydroxyl groups is 1. The fourth-order valence-electron chi connectivity index (χ4n) is 0.186. The Labute approximate surface area is 48.3 Å². The summed E-state index contributed by atoms with van der Waals surface area (Å²) in [7, 11) is 0. The topological polar surface area (TPSA) is 20.2 Å². The first-order valence-electron chi connectivity index (χ1n) is 2.04. The monoisotopic (exact) mass is 118 g/mol. The Bertz CT molecular complexity index is 88.0. The van der Waals surface area contributed by atoms with Crippen molar-refractivity contribution in [2.24, 2.45) is 0 Å². The lowest BCUT2D eigenvalue weighted by Crippen LogP contribution is -1.95. The molecule has 0 aliphatic heterocycles. The molecule has 40 valence electrons. The molecule has 1 unspecified atom stereocenters. The standard InChI is InChI=1S/C5H7ClO/c1-5(7)3-2-4-6/h5,7H,3H2,1H3. The van der Waals surface area contributed by atoms with Gasteiger partial charge in [-0.3, -0.25) is 0 Å². The van der Waals surface area contributed by atoms with Crippen LogP contribution in [-0.2, 0) is 0 Å². The van der Waals surface area contributed by atoms with E-state index in [4.69, 9.17) is 16.7 Å². The van der Waals surface area contributed by atoms with Crippen molar-refractivity contribution >= 4 is 11.6 Å². The minimum absolute atomic E-state index is 0.355. The predicted molar refractivity (Wildman–Crippen MR) is 29.9 cm³/mol. The van der Waals surface area contributed by atoms with Crippen molar-refractivity contribution in [3.63, 3.8) is 0 Å². The molecule has 0 aromatic carbocycles. The lowest BCUT2D eigenvalue weighted by atomic mass is 10.3. The van der Waals surface area contributed by atoms with Gasteiger partial charge in [0.2, 0.25) is 0 Å². The van der Waals surface area contributed by atoms with E-state index in [-0.39, 0.29) is 6.10 Å². The normalized spacial score (nSPS) is 11.9. The van der Waals surface area contributed by atoms with Crippen molar-refractivity contribution in [3.8, 4) is 11.3 Å². The molecule has 0 aliphatic rings. The fourth-order valence-corrected chi connectivity index (χ4v) is 0.263.